The number of rotatable bonds is 8. The van der Waals surface area contributed by atoms with Crippen LogP contribution in [0.1, 0.15) is 64.7 Å². The number of hydrogen-bond acceptors (Lipinski definition) is 6. The van der Waals surface area contributed by atoms with Crippen LogP contribution >= 0.6 is 0 Å². The molecule has 1 aromatic heterocycles. The number of likely N-dealkylation sites (tertiary alicyclic amines) is 2. The van der Waals surface area contributed by atoms with E-state index >= 15 is 0 Å². The zero-order valence-electron chi connectivity index (χ0n) is 28.2. The number of carbonyl (C=O) groups is 2. The van der Waals surface area contributed by atoms with Crippen LogP contribution in [0, 0.1) is 6.92 Å². The van der Waals surface area contributed by atoms with Gasteiger partial charge < -0.3 is 20.4 Å². The largest absolute Gasteiger partial charge is 0.343 e. The number of hydrogen-bond donors (Lipinski definition) is 2. The highest BCUT2D eigenvalue weighted by molar-refractivity contribution is 6.08. The van der Waals surface area contributed by atoms with Crippen molar-refractivity contribution in [3.8, 4) is 0 Å². The van der Waals surface area contributed by atoms with Gasteiger partial charge in [0.15, 0.2) is 0 Å². The predicted octanol–water partition coefficient (Wildman–Crippen LogP) is 5.81. The van der Waals surface area contributed by atoms with E-state index in [1.54, 1.807) is 4.68 Å². The molecular formula is C39H47N7O2. The summed E-state index contributed by atoms with van der Waals surface area (Å²) >= 11 is 0. The van der Waals surface area contributed by atoms with Crippen LogP contribution in [0.5, 0.6) is 0 Å². The van der Waals surface area contributed by atoms with E-state index in [1.807, 2.05) is 72.4 Å². The van der Waals surface area contributed by atoms with Crippen molar-refractivity contribution in [1.82, 2.24) is 24.9 Å². The van der Waals surface area contributed by atoms with E-state index in [1.165, 1.54) is 18.4 Å². The van der Waals surface area contributed by atoms with Crippen LogP contribution in [0.3, 0.4) is 0 Å². The Morgan fingerprint density at radius 1 is 0.896 bits per heavy atom. The van der Waals surface area contributed by atoms with Gasteiger partial charge in [0, 0.05) is 56.3 Å². The van der Waals surface area contributed by atoms with E-state index in [-0.39, 0.29) is 11.8 Å². The lowest BCUT2D eigenvalue weighted by Crippen LogP contribution is -2.50. The molecule has 3 aliphatic rings. The van der Waals surface area contributed by atoms with E-state index in [4.69, 9.17) is 0 Å². The fourth-order valence-corrected chi connectivity index (χ4v) is 7.53. The molecule has 0 radical (unpaired) electrons. The average molecular weight is 646 g/mol. The van der Waals surface area contributed by atoms with Crippen molar-refractivity contribution >= 4 is 29.0 Å². The fourth-order valence-electron chi connectivity index (χ4n) is 7.53. The minimum absolute atomic E-state index is 0.0547. The monoisotopic (exact) mass is 645 g/mol. The second-order valence-corrected chi connectivity index (χ2v) is 13.7. The lowest BCUT2D eigenvalue weighted by atomic mass is 9.98. The van der Waals surface area contributed by atoms with Crippen molar-refractivity contribution in [3.63, 3.8) is 0 Å². The SMILES string of the molecule is Cc1cc(C(=O)N2Cc3cnn(C)c3Nc3ccccc32)ccc1CCC(=O)N1CCC(NC2CCN(Cc3ccccc3)CC2)CC1. The number of nitrogens with zero attached hydrogens (tertiary/aromatic N) is 5. The normalized spacial score (nSPS) is 17.4. The van der Waals surface area contributed by atoms with Gasteiger partial charge in [-0.3, -0.25) is 19.2 Å². The summed E-state index contributed by atoms with van der Waals surface area (Å²) in [5.74, 6) is 1.06. The van der Waals surface area contributed by atoms with Gasteiger partial charge in [-0.05, 0) is 93.1 Å². The lowest BCUT2D eigenvalue weighted by Gasteiger charge is -2.38. The summed E-state index contributed by atoms with van der Waals surface area (Å²) in [5, 5.41) is 11.8. The molecule has 9 nitrogen and oxygen atoms in total. The van der Waals surface area contributed by atoms with Gasteiger partial charge in [-0.25, -0.2) is 0 Å². The van der Waals surface area contributed by atoms with Crippen LogP contribution in [-0.2, 0) is 31.4 Å². The summed E-state index contributed by atoms with van der Waals surface area (Å²) in [7, 11) is 1.90. The molecule has 2 N–H and O–H groups in total. The Balaban J connectivity index is 0.884. The first-order chi connectivity index (χ1) is 23.4. The summed E-state index contributed by atoms with van der Waals surface area (Å²) in [6.07, 6.45) is 7.38. The number of benzene rings is 3. The van der Waals surface area contributed by atoms with Crippen LogP contribution < -0.4 is 15.5 Å². The Kier molecular flexibility index (Phi) is 9.59. The van der Waals surface area contributed by atoms with Crippen molar-refractivity contribution in [2.24, 2.45) is 7.05 Å². The van der Waals surface area contributed by atoms with Crippen LogP contribution in [0.25, 0.3) is 0 Å². The number of aryl methyl sites for hydroxylation is 3. The van der Waals surface area contributed by atoms with Crippen LogP contribution in [-0.4, -0.2) is 69.7 Å². The second kappa shape index (κ2) is 14.3. The molecule has 2 saturated heterocycles. The Morgan fingerprint density at radius 2 is 1.60 bits per heavy atom. The summed E-state index contributed by atoms with van der Waals surface area (Å²) in [4.78, 5) is 33.6. The van der Waals surface area contributed by atoms with Crippen molar-refractivity contribution in [1.29, 1.82) is 0 Å². The molecular weight excluding hydrogens is 598 g/mol. The molecule has 0 spiro atoms. The van der Waals surface area contributed by atoms with Crippen LogP contribution in [0.2, 0.25) is 0 Å². The third kappa shape index (κ3) is 7.17. The highest BCUT2D eigenvalue weighted by Crippen LogP contribution is 2.36. The quantitative estimate of drug-likeness (QED) is 0.252. The van der Waals surface area contributed by atoms with Gasteiger partial charge in [-0.2, -0.15) is 5.10 Å². The second-order valence-electron chi connectivity index (χ2n) is 13.7. The van der Waals surface area contributed by atoms with Gasteiger partial charge in [0.25, 0.3) is 5.91 Å². The molecule has 0 unspecified atom stereocenters. The zero-order valence-corrected chi connectivity index (χ0v) is 28.2. The molecule has 3 aliphatic heterocycles. The van der Waals surface area contributed by atoms with Gasteiger partial charge in [0.05, 0.1) is 24.1 Å². The standard InChI is InChI=1S/C39H47N7O2/c1-28-24-31(39(48)46-27-32-25-40-43(2)38(32)42-35-10-6-7-11-36(35)46)13-12-30(28)14-15-37(47)45-22-18-34(19-23-45)41-33-16-20-44(21-17-33)26-29-8-4-3-5-9-29/h3-13,24-25,33-34,41-42H,14-23,26-27H2,1-2H3. The molecule has 0 aliphatic carbocycles. The molecule has 2 fully saturated rings. The van der Waals surface area contributed by atoms with Crippen molar-refractivity contribution < 1.29 is 9.59 Å². The summed E-state index contributed by atoms with van der Waals surface area (Å²) in [6.45, 7) is 7.41. The number of aromatic nitrogens is 2. The third-order valence-electron chi connectivity index (χ3n) is 10.4. The average Bonchev–Trinajstić information content (AvgIpc) is 3.36. The molecule has 48 heavy (non-hydrogen) atoms. The molecule has 9 heteroatoms. The topological polar surface area (TPSA) is 85.7 Å². The van der Waals surface area contributed by atoms with Gasteiger partial charge >= 0.3 is 0 Å². The zero-order chi connectivity index (χ0) is 33.0. The van der Waals surface area contributed by atoms with E-state index in [2.05, 4.69) is 51.0 Å². The number of piperidine rings is 2. The number of amides is 2. The Bertz CT molecular complexity index is 1740. The first-order valence-electron chi connectivity index (χ1n) is 17.5. The predicted molar refractivity (Wildman–Crippen MR) is 190 cm³/mol. The molecule has 0 saturated carbocycles. The van der Waals surface area contributed by atoms with E-state index in [0.29, 0.717) is 37.0 Å². The summed E-state index contributed by atoms with van der Waals surface area (Å²) < 4.78 is 1.80. The Hall–Kier alpha value is -4.47. The highest BCUT2D eigenvalue weighted by atomic mass is 16.2. The van der Waals surface area contributed by atoms with Crippen molar-refractivity contribution in [2.75, 3.05) is 36.4 Å². The number of carbonyl (C=O) groups excluding carboxylic acids is 2. The molecule has 250 valence electrons. The summed E-state index contributed by atoms with van der Waals surface area (Å²) in [5.41, 5.74) is 6.86. The molecule has 7 rings (SSSR count). The van der Waals surface area contributed by atoms with E-state index in [9.17, 15) is 9.59 Å². The lowest BCUT2D eigenvalue weighted by molar-refractivity contribution is -0.132. The molecule has 4 aromatic rings. The van der Waals surface area contributed by atoms with Gasteiger partial charge in [-0.15, -0.1) is 0 Å². The number of nitrogens with one attached hydrogen (secondary N) is 2. The van der Waals surface area contributed by atoms with Crippen molar-refractivity contribution in [2.45, 2.75) is 70.6 Å². The number of para-hydroxylation sites is 2. The molecule has 2 amide bonds. The Morgan fingerprint density at radius 3 is 2.35 bits per heavy atom. The minimum Gasteiger partial charge on any atom is -0.343 e. The first kappa shape index (κ1) is 32.1. The highest BCUT2D eigenvalue weighted by Gasteiger charge is 2.28. The van der Waals surface area contributed by atoms with E-state index < -0.39 is 0 Å². The van der Waals surface area contributed by atoms with Crippen LogP contribution in [0.4, 0.5) is 17.2 Å². The van der Waals surface area contributed by atoms with Gasteiger partial charge in [-0.1, -0.05) is 48.5 Å². The molecule has 4 heterocycles. The first-order valence-corrected chi connectivity index (χ1v) is 17.5. The molecule has 0 atom stereocenters. The third-order valence-corrected chi connectivity index (χ3v) is 10.4. The maximum atomic E-state index is 13.9. The van der Waals surface area contributed by atoms with Gasteiger partial charge in [0.2, 0.25) is 5.91 Å². The van der Waals surface area contributed by atoms with Crippen molar-refractivity contribution in [3.05, 3.63) is 107 Å². The smallest absolute Gasteiger partial charge is 0.258 e. The van der Waals surface area contributed by atoms with Crippen LogP contribution in [0.15, 0.2) is 79.0 Å². The number of anilines is 3. The molecule has 3 aromatic carbocycles. The molecule has 0 bridgehead atoms. The van der Waals surface area contributed by atoms with Gasteiger partial charge in [0.1, 0.15) is 5.82 Å². The fraction of sp³-hybridized carbons (Fsp3) is 0.410. The maximum absolute atomic E-state index is 13.9. The minimum atomic E-state index is -0.0547. The number of fused-ring (bicyclic) bond motifs is 2. The Labute approximate surface area is 283 Å². The van der Waals surface area contributed by atoms with E-state index in [0.717, 1.165) is 79.4 Å². The maximum Gasteiger partial charge on any atom is 0.258 e. The summed E-state index contributed by atoms with van der Waals surface area (Å²) in [6, 6.07) is 25.6.